The summed E-state index contributed by atoms with van der Waals surface area (Å²) in [5.41, 5.74) is 0. The van der Waals surface area contributed by atoms with E-state index in [1.165, 1.54) is 109 Å². The van der Waals surface area contributed by atoms with E-state index in [0.717, 1.165) is 51.4 Å². The average molecular weight is 761 g/mol. The number of ether oxygens (including phenoxy) is 2. The van der Waals surface area contributed by atoms with Crippen LogP contribution in [0.2, 0.25) is 0 Å². The summed E-state index contributed by atoms with van der Waals surface area (Å²) in [7, 11) is 1.48. The van der Waals surface area contributed by atoms with Gasteiger partial charge in [0.2, 0.25) is 0 Å². The number of hydrogen-bond acceptors (Lipinski definition) is 7. The van der Waals surface area contributed by atoms with Crippen LogP contribution in [0.5, 0.6) is 0 Å². The topological polar surface area (TPSA) is 108 Å². The molecule has 0 rings (SSSR count). The summed E-state index contributed by atoms with van der Waals surface area (Å²) in [6.07, 6.45) is 35.4. The smallest absolute Gasteiger partial charge is 0.462 e. The molecule has 0 aliphatic carbocycles. The van der Waals surface area contributed by atoms with Gasteiger partial charge < -0.3 is 18.9 Å². The maximum absolute atomic E-state index is 12.7. The number of unbranched alkanes of at least 4 members (excludes halogenated alkanes) is 23. The Labute approximate surface area is 320 Å². The molecular formula is C42H83NO8P+. The first kappa shape index (κ1) is 50.8. The molecule has 0 aromatic rings. The molecule has 0 fully saturated rings. The Morgan fingerprint density at radius 2 is 0.981 bits per heavy atom. The van der Waals surface area contributed by atoms with E-state index in [9.17, 15) is 19.0 Å². The Kier molecular flexibility index (Phi) is 34.6. The fourth-order valence-electron chi connectivity index (χ4n) is 5.89. The van der Waals surface area contributed by atoms with Crippen LogP contribution in [0, 0.1) is 0 Å². The minimum absolute atomic E-state index is 0.0335. The van der Waals surface area contributed by atoms with Crippen LogP contribution in [0.25, 0.3) is 0 Å². The normalized spacial score (nSPS) is 13.7. The molecule has 308 valence electrons. The van der Waals surface area contributed by atoms with Gasteiger partial charge in [-0.15, -0.1) is 0 Å². The highest BCUT2D eigenvalue weighted by atomic mass is 31.2. The second kappa shape index (κ2) is 35.5. The zero-order chi connectivity index (χ0) is 38.6. The van der Waals surface area contributed by atoms with Gasteiger partial charge >= 0.3 is 19.8 Å². The van der Waals surface area contributed by atoms with Crippen molar-refractivity contribution in [3.05, 3.63) is 12.2 Å². The van der Waals surface area contributed by atoms with Gasteiger partial charge in [0.1, 0.15) is 19.8 Å². The first-order chi connectivity index (χ1) is 25.0. The molecule has 52 heavy (non-hydrogen) atoms. The van der Waals surface area contributed by atoms with E-state index in [1.807, 2.05) is 21.1 Å². The number of nitrogens with zero attached hydrogens (tertiary/aromatic N) is 1. The van der Waals surface area contributed by atoms with Gasteiger partial charge in [-0.1, -0.05) is 154 Å². The van der Waals surface area contributed by atoms with Crippen molar-refractivity contribution >= 4 is 19.8 Å². The van der Waals surface area contributed by atoms with Crippen molar-refractivity contribution in [3.63, 3.8) is 0 Å². The van der Waals surface area contributed by atoms with Gasteiger partial charge in [-0.25, -0.2) is 4.57 Å². The number of phosphoric acid groups is 1. The maximum atomic E-state index is 12.7. The van der Waals surface area contributed by atoms with Crippen molar-refractivity contribution in [2.75, 3.05) is 47.5 Å². The fraction of sp³-hybridized carbons (Fsp3) is 0.905. The Bertz CT molecular complexity index is 907. The predicted octanol–water partition coefficient (Wildman–Crippen LogP) is 11.8. The first-order valence-electron chi connectivity index (χ1n) is 21.4. The summed E-state index contributed by atoms with van der Waals surface area (Å²) in [6.45, 7) is 4.40. The van der Waals surface area contributed by atoms with Gasteiger partial charge in [-0.3, -0.25) is 18.6 Å². The average Bonchev–Trinajstić information content (AvgIpc) is 3.09. The van der Waals surface area contributed by atoms with Gasteiger partial charge in [0.15, 0.2) is 6.10 Å². The van der Waals surface area contributed by atoms with E-state index in [1.54, 1.807) is 0 Å². The van der Waals surface area contributed by atoms with Crippen molar-refractivity contribution in [2.24, 2.45) is 0 Å². The Morgan fingerprint density at radius 1 is 0.577 bits per heavy atom. The summed E-state index contributed by atoms with van der Waals surface area (Å²) in [5.74, 6) is -0.801. The van der Waals surface area contributed by atoms with Gasteiger partial charge in [-0.05, 0) is 38.5 Å². The van der Waals surface area contributed by atoms with E-state index >= 15 is 0 Å². The number of esters is 2. The molecule has 0 aromatic heterocycles. The molecule has 1 unspecified atom stereocenters. The highest BCUT2D eigenvalue weighted by Crippen LogP contribution is 2.43. The monoisotopic (exact) mass is 761 g/mol. The molecule has 2 atom stereocenters. The van der Waals surface area contributed by atoms with Gasteiger partial charge in [0.05, 0.1) is 27.7 Å². The molecule has 0 radical (unpaired) electrons. The van der Waals surface area contributed by atoms with Crippen molar-refractivity contribution in [3.8, 4) is 0 Å². The molecular weight excluding hydrogens is 677 g/mol. The molecule has 9 nitrogen and oxygen atoms in total. The second-order valence-electron chi connectivity index (χ2n) is 15.7. The lowest BCUT2D eigenvalue weighted by Gasteiger charge is -2.24. The molecule has 0 saturated carbocycles. The number of carbonyl (C=O) groups is 2. The van der Waals surface area contributed by atoms with Crippen LogP contribution in [0.4, 0.5) is 0 Å². The lowest BCUT2D eigenvalue weighted by atomic mass is 10.0. The number of likely N-dealkylation sites (N-methyl/N-ethyl adjacent to an activating group) is 1. The number of carbonyl (C=O) groups excluding carboxylic acids is 2. The number of allylic oxidation sites excluding steroid dienone is 2. The number of rotatable bonds is 39. The van der Waals surface area contributed by atoms with Crippen LogP contribution in [0.3, 0.4) is 0 Å². The van der Waals surface area contributed by atoms with E-state index < -0.39 is 26.5 Å². The van der Waals surface area contributed by atoms with Crippen LogP contribution in [0.1, 0.15) is 194 Å². The molecule has 10 heteroatoms. The van der Waals surface area contributed by atoms with Crippen molar-refractivity contribution in [1.82, 2.24) is 0 Å². The largest absolute Gasteiger partial charge is 0.472 e. The fourth-order valence-corrected chi connectivity index (χ4v) is 6.63. The van der Waals surface area contributed by atoms with Gasteiger partial charge in [-0.2, -0.15) is 0 Å². The molecule has 0 aromatic carbocycles. The number of quaternary nitrogens is 1. The molecule has 0 bridgehead atoms. The third-order valence-electron chi connectivity index (χ3n) is 9.30. The molecule has 0 aliphatic heterocycles. The molecule has 1 N–H and O–H groups in total. The third kappa shape index (κ3) is 38.5. The van der Waals surface area contributed by atoms with E-state index in [0.29, 0.717) is 17.4 Å². The van der Waals surface area contributed by atoms with Crippen LogP contribution < -0.4 is 0 Å². The summed E-state index contributed by atoms with van der Waals surface area (Å²) in [5, 5.41) is 0. The third-order valence-corrected chi connectivity index (χ3v) is 10.3. The zero-order valence-electron chi connectivity index (χ0n) is 34.6. The molecule has 0 saturated heterocycles. The highest BCUT2D eigenvalue weighted by Gasteiger charge is 2.27. The minimum Gasteiger partial charge on any atom is -0.462 e. The Balaban J connectivity index is 4.35. The minimum atomic E-state index is -4.37. The highest BCUT2D eigenvalue weighted by molar-refractivity contribution is 7.47. The summed E-state index contributed by atoms with van der Waals surface area (Å²) in [6, 6.07) is 0. The van der Waals surface area contributed by atoms with Crippen LogP contribution in [-0.2, 0) is 32.7 Å². The van der Waals surface area contributed by atoms with E-state index in [4.69, 9.17) is 18.5 Å². The molecule has 0 aliphatic rings. The summed E-state index contributed by atoms with van der Waals surface area (Å²) in [4.78, 5) is 35.3. The number of hydrogen-bond donors (Lipinski definition) is 1. The van der Waals surface area contributed by atoms with Crippen LogP contribution >= 0.6 is 7.82 Å². The molecule has 0 heterocycles. The quantitative estimate of drug-likeness (QED) is 0.0217. The first-order valence-corrected chi connectivity index (χ1v) is 22.9. The van der Waals surface area contributed by atoms with Gasteiger partial charge in [0, 0.05) is 12.8 Å². The second-order valence-corrected chi connectivity index (χ2v) is 17.2. The zero-order valence-corrected chi connectivity index (χ0v) is 35.5. The Morgan fingerprint density at radius 3 is 1.46 bits per heavy atom. The van der Waals surface area contributed by atoms with Crippen molar-refractivity contribution in [1.29, 1.82) is 0 Å². The Hall–Kier alpha value is -1.25. The number of phosphoric ester groups is 1. The van der Waals surface area contributed by atoms with E-state index in [-0.39, 0.29) is 32.0 Å². The maximum Gasteiger partial charge on any atom is 0.472 e. The summed E-state index contributed by atoms with van der Waals surface area (Å²) < 4.78 is 34.2. The molecule has 0 amide bonds. The summed E-state index contributed by atoms with van der Waals surface area (Å²) >= 11 is 0. The van der Waals surface area contributed by atoms with E-state index in [2.05, 4.69) is 26.0 Å². The van der Waals surface area contributed by atoms with Gasteiger partial charge in [0.25, 0.3) is 0 Å². The van der Waals surface area contributed by atoms with Crippen LogP contribution in [0.15, 0.2) is 12.2 Å². The van der Waals surface area contributed by atoms with Crippen LogP contribution in [-0.4, -0.2) is 74.9 Å². The standard InChI is InChI=1S/C42H82NO8P/c1-6-8-10-12-14-16-18-20-21-22-23-25-27-29-31-33-35-42(45)51-40(39-50-52(46,47)49-37-36-43(3,4)5)38-48-41(44)34-32-30-28-26-24-19-17-15-13-11-9-7-2/h15,17,40H,6-14,16,18-39H2,1-5H3/p+1/b17-15+/t40-/m1/s1. The van der Waals surface area contributed by atoms with Crippen molar-refractivity contribution < 1.29 is 42.1 Å². The van der Waals surface area contributed by atoms with Crippen molar-refractivity contribution in [2.45, 2.75) is 200 Å². The lowest BCUT2D eigenvalue weighted by molar-refractivity contribution is -0.870. The lowest BCUT2D eigenvalue weighted by Crippen LogP contribution is -2.37. The predicted molar refractivity (Wildman–Crippen MR) is 215 cm³/mol. The molecule has 0 spiro atoms. The SMILES string of the molecule is CCCCC/C=C/CCCCCCCC(=O)OC[C@H](COP(=O)(O)OCC[N+](C)(C)C)OC(=O)CCCCCCCCCCCCCCCCCC.